The number of nitrogens with one attached hydrogen (secondary N) is 1. The lowest BCUT2D eigenvalue weighted by Gasteiger charge is -2.30. The van der Waals surface area contributed by atoms with Crippen molar-refractivity contribution in [3.05, 3.63) is 17.0 Å². The fraction of sp³-hybridized carbons (Fsp3) is 0.688. The fourth-order valence-electron chi connectivity index (χ4n) is 2.70. The molecule has 1 aromatic rings. The molecule has 1 aliphatic heterocycles. The Bertz CT molecular complexity index is 677. The Hall–Kier alpha value is -0.960. The van der Waals surface area contributed by atoms with Gasteiger partial charge in [-0.15, -0.1) is 11.3 Å². The van der Waals surface area contributed by atoms with E-state index in [0.717, 1.165) is 4.88 Å². The average Bonchev–Trinajstić information content (AvgIpc) is 3.03. The molecule has 0 radical (unpaired) electrons. The van der Waals surface area contributed by atoms with Crippen molar-refractivity contribution >= 4 is 27.3 Å². The van der Waals surface area contributed by atoms with Gasteiger partial charge in [0.25, 0.3) is 10.0 Å². The summed E-state index contributed by atoms with van der Waals surface area (Å²) >= 11 is 1.32. The summed E-state index contributed by atoms with van der Waals surface area (Å²) in [5.74, 6) is -0.413. The molecule has 0 bridgehead atoms. The molecule has 1 aliphatic rings. The number of amides is 1. The van der Waals surface area contributed by atoms with Crippen LogP contribution < -0.4 is 11.1 Å². The molecular weight excluding hydrogens is 346 g/mol. The molecule has 1 unspecified atom stereocenters. The lowest BCUT2D eigenvalue weighted by molar-refractivity contribution is -0.126. The molecule has 0 aliphatic carbocycles. The number of nitrogens with zero attached hydrogens (tertiary/aromatic N) is 1. The molecule has 1 fully saturated rings. The Balaban J connectivity index is 2.14. The van der Waals surface area contributed by atoms with Gasteiger partial charge in [0.2, 0.25) is 5.91 Å². The third-order valence-corrected chi connectivity index (χ3v) is 7.96. The van der Waals surface area contributed by atoms with E-state index in [1.165, 1.54) is 15.6 Å². The summed E-state index contributed by atoms with van der Waals surface area (Å²) < 4.78 is 27.6. The van der Waals surface area contributed by atoms with Crippen LogP contribution in [0.1, 0.15) is 38.5 Å². The highest BCUT2D eigenvalue weighted by atomic mass is 32.2. The van der Waals surface area contributed by atoms with Crippen molar-refractivity contribution in [1.82, 2.24) is 9.62 Å². The zero-order valence-corrected chi connectivity index (χ0v) is 16.2. The van der Waals surface area contributed by atoms with Gasteiger partial charge in [0.1, 0.15) is 4.21 Å². The highest BCUT2D eigenvalue weighted by molar-refractivity contribution is 7.91. The van der Waals surface area contributed by atoms with Gasteiger partial charge in [0.15, 0.2) is 0 Å². The maximum absolute atomic E-state index is 12.9. The number of thiophene rings is 1. The van der Waals surface area contributed by atoms with Gasteiger partial charge in [-0.3, -0.25) is 4.79 Å². The van der Waals surface area contributed by atoms with E-state index in [1.807, 2.05) is 6.07 Å². The third kappa shape index (κ3) is 4.36. The SMILES string of the molecule is CC(C)(C)c1ccc(S(=O)(=O)N2CCCC(C(=O)NCCN)C2)s1. The second kappa shape index (κ2) is 7.51. The Morgan fingerprint density at radius 1 is 1.42 bits per heavy atom. The van der Waals surface area contributed by atoms with E-state index in [0.29, 0.717) is 36.7 Å². The summed E-state index contributed by atoms with van der Waals surface area (Å²) in [5.41, 5.74) is 5.32. The van der Waals surface area contributed by atoms with Crippen molar-refractivity contribution < 1.29 is 13.2 Å². The molecular formula is C16H27N3O3S2. The van der Waals surface area contributed by atoms with Gasteiger partial charge in [0, 0.05) is 31.1 Å². The van der Waals surface area contributed by atoms with Crippen molar-refractivity contribution in [3.8, 4) is 0 Å². The highest BCUT2D eigenvalue weighted by Gasteiger charge is 2.34. The molecule has 8 heteroatoms. The van der Waals surface area contributed by atoms with Gasteiger partial charge in [0.05, 0.1) is 5.92 Å². The molecule has 1 saturated heterocycles. The fourth-order valence-corrected chi connectivity index (χ4v) is 5.75. The van der Waals surface area contributed by atoms with E-state index in [4.69, 9.17) is 5.73 Å². The largest absolute Gasteiger partial charge is 0.355 e. The summed E-state index contributed by atoms with van der Waals surface area (Å²) in [4.78, 5) is 13.2. The van der Waals surface area contributed by atoms with Crippen molar-refractivity contribution in [3.63, 3.8) is 0 Å². The molecule has 0 spiro atoms. The van der Waals surface area contributed by atoms with E-state index in [2.05, 4.69) is 26.1 Å². The molecule has 24 heavy (non-hydrogen) atoms. The average molecular weight is 374 g/mol. The second-order valence-electron chi connectivity index (χ2n) is 7.15. The first kappa shape index (κ1) is 19.4. The molecule has 136 valence electrons. The molecule has 0 aromatic carbocycles. The number of carbonyl (C=O) groups excluding carboxylic acids is 1. The number of rotatable bonds is 5. The van der Waals surface area contributed by atoms with Gasteiger partial charge >= 0.3 is 0 Å². The van der Waals surface area contributed by atoms with Crippen LogP contribution in [0.4, 0.5) is 0 Å². The maximum Gasteiger partial charge on any atom is 0.252 e. The first-order valence-corrected chi connectivity index (χ1v) is 10.5. The maximum atomic E-state index is 12.9. The van der Waals surface area contributed by atoms with Crippen LogP contribution in [0.2, 0.25) is 0 Å². The monoisotopic (exact) mass is 373 g/mol. The number of hydrogen-bond acceptors (Lipinski definition) is 5. The van der Waals surface area contributed by atoms with E-state index in [1.54, 1.807) is 6.07 Å². The summed E-state index contributed by atoms with van der Waals surface area (Å²) in [6, 6.07) is 3.56. The molecule has 1 amide bonds. The van der Waals surface area contributed by atoms with Crippen LogP contribution in [0.3, 0.4) is 0 Å². The van der Waals surface area contributed by atoms with Crippen LogP contribution in [0, 0.1) is 5.92 Å². The van der Waals surface area contributed by atoms with Gasteiger partial charge in [-0.05, 0) is 30.4 Å². The van der Waals surface area contributed by atoms with Crippen molar-refractivity contribution in [2.24, 2.45) is 11.7 Å². The van der Waals surface area contributed by atoms with Gasteiger partial charge < -0.3 is 11.1 Å². The van der Waals surface area contributed by atoms with Crippen molar-refractivity contribution in [2.75, 3.05) is 26.2 Å². The van der Waals surface area contributed by atoms with Gasteiger partial charge in [-0.25, -0.2) is 8.42 Å². The molecule has 6 nitrogen and oxygen atoms in total. The van der Waals surface area contributed by atoms with Crippen LogP contribution in [0.25, 0.3) is 0 Å². The van der Waals surface area contributed by atoms with E-state index >= 15 is 0 Å². The first-order valence-electron chi connectivity index (χ1n) is 8.24. The number of carbonyl (C=O) groups is 1. The normalized spacial score (nSPS) is 20.1. The van der Waals surface area contributed by atoms with Crippen LogP contribution in [0.15, 0.2) is 16.3 Å². The van der Waals surface area contributed by atoms with Gasteiger partial charge in [-0.2, -0.15) is 4.31 Å². The molecule has 1 aromatic heterocycles. The molecule has 3 N–H and O–H groups in total. The Kier molecular flexibility index (Phi) is 6.06. The quantitative estimate of drug-likeness (QED) is 0.818. The lowest BCUT2D eigenvalue weighted by Crippen LogP contribution is -2.45. The predicted octanol–water partition coefficient (Wildman–Crippen LogP) is 1.52. The standard InChI is InChI=1S/C16H27N3O3S2/c1-16(2,3)13-6-7-14(23-13)24(21,22)19-10-4-5-12(11-19)15(20)18-9-8-17/h6-7,12H,4-5,8-11,17H2,1-3H3,(H,18,20). The summed E-state index contributed by atoms with van der Waals surface area (Å²) in [6.07, 6.45) is 1.40. The number of nitrogens with two attached hydrogens (primary N) is 1. The Morgan fingerprint density at radius 3 is 2.71 bits per heavy atom. The van der Waals surface area contributed by atoms with E-state index in [-0.39, 0.29) is 23.8 Å². The zero-order chi connectivity index (χ0) is 18.0. The van der Waals surface area contributed by atoms with Crippen molar-refractivity contribution in [2.45, 2.75) is 43.2 Å². The topological polar surface area (TPSA) is 92.5 Å². The minimum Gasteiger partial charge on any atom is -0.355 e. The summed E-state index contributed by atoms with van der Waals surface area (Å²) in [7, 11) is -3.54. The first-order chi connectivity index (χ1) is 11.2. The number of sulfonamides is 1. The lowest BCUT2D eigenvalue weighted by atomic mass is 9.95. The van der Waals surface area contributed by atoms with E-state index < -0.39 is 10.0 Å². The third-order valence-electron chi connectivity index (χ3n) is 4.11. The minimum absolute atomic E-state index is 0.0784. The number of hydrogen-bond donors (Lipinski definition) is 2. The van der Waals surface area contributed by atoms with Crippen LogP contribution in [-0.4, -0.2) is 44.8 Å². The molecule has 2 heterocycles. The predicted molar refractivity (Wildman–Crippen MR) is 96.6 cm³/mol. The summed E-state index contributed by atoms with van der Waals surface area (Å²) in [5, 5.41) is 2.76. The zero-order valence-electron chi connectivity index (χ0n) is 14.5. The van der Waals surface area contributed by atoms with Crippen molar-refractivity contribution in [1.29, 1.82) is 0 Å². The van der Waals surface area contributed by atoms with Crippen LogP contribution >= 0.6 is 11.3 Å². The van der Waals surface area contributed by atoms with Gasteiger partial charge in [-0.1, -0.05) is 20.8 Å². The highest BCUT2D eigenvalue weighted by Crippen LogP contribution is 2.34. The Morgan fingerprint density at radius 2 is 2.12 bits per heavy atom. The van der Waals surface area contributed by atoms with Crippen LogP contribution in [-0.2, 0) is 20.2 Å². The molecule has 2 rings (SSSR count). The van der Waals surface area contributed by atoms with E-state index in [9.17, 15) is 13.2 Å². The second-order valence-corrected chi connectivity index (χ2v) is 10.4. The smallest absolute Gasteiger partial charge is 0.252 e. The minimum atomic E-state index is -3.54. The molecule has 0 saturated carbocycles. The summed E-state index contributed by atoms with van der Waals surface area (Å²) in [6.45, 7) is 7.69. The number of piperidine rings is 1. The van der Waals surface area contributed by atoms with Crippen LogP contribution in [0.5, 0.6) is 0 Å². The molecule has 1 atom stereocenters. The Labute approximate surface area is 148 Å².